The van der Waals surface area contributed by atoms with E-state index in [1.165, 1.54) is 58.3 Å². The zero-order chi connectivity index (χ0) is 77.2. The number of hydrogen-bond donors (Lipinski definition) is 3. The first-order valence-corrected chi connectivity index (χ1v) is 39.2. The molecule has 0 spiro atoms. The smallest absolute Gasteiger partial charge is 0.302 e. The van der Waals surface area contributed by atoms with Gasteiger partial charge in [-0.15, -0.1) is 0 Å². The Hall–Kier alpha value is -10.2. The van der Waals surface area contributed by atoms with Crippen molar-refractivity contribution in [1.29, 1.82) is 0 Å². The van der Waals surface area contributed by atoms with Crippen LogP contribution >= 0.6 is 0 Å². The van der Waals surface area contributed by atoms with E-state index in [-0.39, 0.29) is 159 Å². The predicted octanol–water partition coefficient (Wildman–Crippen LogP) is 12.9. The Morgan fingerprint density at radius 2 is 0.882 bits per heavy atom. The lowest BCUT2D eigenvalue weighted by Crippen LogP contribution is -2.44. The monoisotopic (exact) mass is 1490 g/mol. The zero-order valence-electron chi connectivity index (χ0n) is 64.1. The normalized spacial score (nSPS) is 32.6. The molecule has 6 unspecified atom stereocenters. The van der Waals surface area contributed by atoms with Crippen molar-refractivity contribution >= 4 is 74.5 Å². The molecule has 18 atom stereocenters. The van der Waals surface area contributed by atoms with Gasteiger partial charge < -0.3 is 44.4 Å². The van der Waals surface area contributed by atoms with Crippen molar-refractivity contribution in [3.63, 3.8) is 0 Å². The van der Waals surface area contributed by atoms with Crippen LogP contribution in [0.4, 0.5) is 0 Å². The van der Waals surface area contributed by atoms with Crippen LogP contribution in [-0.4, -0.2) is 124 Å². The summed E-state index contributed by atoms with van der Waals surface area (Å²) in [5.74, 6) is 1.73. The number of fused-ring (bicyclic) bond motifs is 11. The largest absolute Gasteiger partial charge is 0.489 e. The Morgan fingerprint density at radius 1 is 0.464 bits per heavy atom. The van der Waals surface area contributed by atoms with Crippen LogP contribution in [0, 0.1) is 51.8 Å². The number of aromatic nitrogens is 3. The Labute approximate surface area is 641 Å². The van der Waals surface area contributed by atoms with Crippen LogP contribution in [0.3, 0.4) is 0 Å². The Bertz CT molecular complexity index is 4850. The second-order valence-electron chi connectivity index (χ2n) is 33.4. The SMILES string of the molecule is CC(=O)NCC1CC(=O)C2=C(C1)O[C@@H]1C(=C2)C=C[C@]2(C)[C@@H](c3cccc4cnccc34)C(OC(C)=O)C[C@@H]12.CC(=O)NCC1CC(=O)C2=C(C1)O[C@@H]1C(=C2)CC[C@]2(C)[C@@H](c3cccc4cnccc34)C(OC(C)=O)C[C@@H]12.CC(=O)NCC1CC(=O)C2=C(C1)O[C@@H]1C(=C2)CC[C@]2(C)[C@@H](c3cccnc3)C(OC(C)=O)C[C@@H]12. The van der Waals surface area contributed by atoms with Gasteiger partial charge in [0, 0.05) is 189 Å². The minimum Gasteiger partial charge on any atom is -0.489 e. The number of carbonyl (C=O) groups is 9. The number of ketones is 3. The van der Waals surface area contributed by atoms with Gasteiger partial charge in [-0.2, -0.15) is 0 Å². The van der Waals surface area contributed by atoms with Crippen molar-refractivity contribution in [3.8, 4) is 0 Å². The number of Topliss-reactive ketones (excluding diaryl/α,β-unsaturated/α-hetero) is 3. The molecule has 110 heavy (non-hydrogen) atoms. The number of hydrogen-bond acceptors (Lipinski definition) is 18. The maximum Gasteiger partial charge on any atom is 0.302 e. The molecule has 21 heteroatoms. The van der Waals surface area contributed by atoms with E-state index in [2.05, 4.69) is 118 Å². The average molecular weight is 1490 g/mol. The highest BCUT2D eigenvalue weighted by Crippen LogP contribution is 2.66. The third-order valence-electron chi connectivity index (χ3n) is 26.3. The number of allylic oxidation sites excluding steroid dienone is 10. The fourth-order valence-electron chi connectivity index (χ4n) is 21.4. The number of amides is 3. The van der Waals surface area contributed by atoms with Crippen molar-refractivity contribution < 1.29 is 71.6 Å². The topological polar surface area (TPSA) is 284 Å². The molecule has 0 bridgehead atoms. The summed E-state index contributed by atoms with van der Waals surface area (Å²) in [6.07, 6.45) is 28.9. The average Bonchev–Trinajstić information content (AvgIpc) is 1.56. The summed E-state index contributed by atoms with van der Waals surface area (Å²) in [6.45, 7) is 17.1. The summed E-state index contributed by atoms with van der Waals surface area (Å²) < 4.78 is 37.9. The molecule has 5 fully saturated rings. The third-order valence-corrected chi connectivity index (χ3v) is 26.3. The van der Waals surface area contributed by atoms with E-state index >= 15 is 0 Å². The van der Waals surface area contributed by atoms with Gasteiger partial charge in [-0.3, -0.25) is 58.1 Å². The number of pyridine rings is 3. The first-order valence-electron chi connectivity index (χ1n) is 39.2. The van der Waals surface area contributed by atoms with Crippen LogP contribution in [0.25, 0.3) is 21.5 Å². The number of rotatable bonds is 12. The van der Waals surface area contributed by atoms with E-state index in [0.29, 0.717) is 99.9 Å². The molecule has 21 nitrogen and oxygen atoms in total. The molecule has 0 radical (unpaired) electrons. The summed E-state index contributed by atoms with van der Waals surface area (Å²) in [6, 6.07) is 20.6. The molecule has 3 N–H and O–H groups in total. The summed E-state index contributed by atoms with van der Waals surface area (Å²) in [5.41, 5.74) is 8.16. The minimum atomic E-state index is -0.341. The van der Waals surface area contributed by atoms with Gasteiger partial charge in [-0.1, -0.05) is 75.4 Å². The lowest BCUT2D eigenvalue weighted by atomic mass is 9.60. The molecule has 12 aliphatic rings. The van der Waals surface area contributed by atoms with Crippen molar-refractivity contribution in [2.75, 3.05) is 19.6 Å². The first-order chi connectivity index (χ1) is 52.7. The Kier molecular flexibility index (Phi) is 20.7. The number of nitrogens with one attached hydrogen (secondary N) is 3. The van der Waals surface area contributed by atoms with Gasteiger partial charge in [-0.05, 0) is 154 Å². The number of nitrogens with zero attached hydrogens (tertiary/aromatic N) is 3. The van der Waals surface area contributed by atoms with E-state index in [1.807, 2.05) is 49.1 Å². The van der Waals surface area contributed by atoms with E-state index < -0.39 is 0 Å². The number of carbonyl (C=O) groups excluding carboxylic acids is 9. The quantitative estimate of drug-likeness (QED) is 0.0773. The van der Waals surface area contributed by atoms with E-state index in [9.17, 15) is 43.2 Å². The van der Waals surface area contributed by atoms with Gasteiger partial charge >= 0.3 is 17.9 Å². The molecule has 6 heterocycles. The van der Waals surface area contributed by atoms with Crippen LogP contribution in [0.15, 0.2) is 179 Å². The van der Waals surface area contributed by atoms with Crippen LogP contribution in [0.2, 0.25) is 0 Å². The van der Waals surface area contributed by atoms with Gasteiger partial charge in [0.2, 0.25) is 17.7 Å². The zero-order valence-corrected chi connectivity index (χ0v) is 64.1. The summed E-state index contributed by atoms with van der Waals surface area (Å²) in [5, 5.41) is 12.9. The first kappa shape index (κ1) is 75.2. The highest BCUT2D eigenvalue weighted by Gasteiger charge is 2.63. The van der Waals surface area contributed by atoms with Crippen molar-refractivity contribution in [2.24, 2.45) is 51.8 Å². The fraction of sp³-hybridized carbons (Fsp3) is 0.483. The molecule has 574 valence electrons. The second-order valence-corrected chi connectivity index (χ2v) is 33.4. The van der Waals surface area contributed by atoms with Gasteiger partial charge in [0.05, 0.1) is 16.7 Å². The van der Waals surface area contributed by atoms with Crippen molar-refractivity contribution in [1.82, 2.24) is 30.9 Å². The molecule has 2 aromatic carbocycles. The molecular formula is C89H98N6O15. The molecule has 0 saturated heterocycles. The predicted molar refractivity (Wildman–Crippen MR) is 408 cm³/mol. The molecule has 17 rings (SSSR count). The van der Waals surface area contributed by atoms with Gasteiger partial charge in [0.1, 0.15) is 53.9 Å². The molecule has 3 amide bonds. The van der Waals surface area contributed by atoms with Gasteiger partial charge in [0.15, 0.2) is 17.3 Å². The summed E-state index contributed by atoms with van der Waals surface area (Å²) in [4.78, 5) is 123. The van der Waals surface area contributed by atoms with Gasteiger partial charge in [0.25, 0.3) is 0 Å². The molecule has 3 aromatic heterocycles. The van der Waals surface area contributed by atoms with Crippen LogP contribution in [0.1, 0.15) is 180 Å². The number of benzene rings is 2. The maximum absolute atomic E-state index is 13.0. The van der Waals surface area contributed by atoms with E-state index in [1.54, 1.807) is 12.4 Å². The summed E-state index contributed by atoms with van der Waals surface area (Å²) in [7, 11) is 0. The lowest BCUT2D eigenvalue weighted by molar-refractivity contribution is -0.148. The number of esters is 3. The van der Waals surface area contributed by atoms with Crippen LogP contribution < -0.4 is 16.0 Å². The molecule has 3 aliphatic heterocycles. The van der Waals surface area contributed by atoms with Crippen molar-refractivity contribution in [3.05, 3.63) is 196 Å². The van der Waals surface area contributed by atoms with E-state index in [4.69, 9.17) is 28.4 Å². The fourth-order valence-corrected chi connectivity index (χ4v) is 21.4. The lowest BCUT2D eigenvalue weighted by Gasteiger charge is -2.48. The molecule has 5 saturated carbocycles. The Balaban J connectivity index is 0.000000131. The summed E-state index contributed by atoms with van der Waals surface area (Å²) >= 11 is 0. The minimum absolute atomic E-state index is 0.0139. The van der Waals surface area contributed by atoms with Crippen molar-refractivity contribution in [2.45, 2.75) is 200 Å². The number of ether oxygens (including phenoxy) is 6. The maximum atomic E-state index is 13.0. The molecule has 9 aliphatic carbocycles. The molecular weight excluding hydrogens is 1390 g/mol. The third kappa shape index (κ3) is 14.3. The standard InChI is InChI=1S/C31H34N2O5.C31H32N2O5.C27H32N2O5/c2*1-17(34)33-15-19-11-26(36)24-13-20-7-9-31(3)25(30(20)38-27(24)12-19)14-28(37-18(2)35)29(31)23-6-4-5-21-16-32-10-8-22(21)23;1-15(30)29-13-17-9-22(32)20-11-18-6-7-27(3)21(26(18)34-23(20)10-17)12-24(33-16(2)31)25(27)19-5-4-8-28-14-19/h4-6,8,10,13,16,19,25,28-30H,7,9,11-12,14-15H2,1-3H3,(H,33,34);4-10,13,16,19,25,28-30H,11-12,14-15H2,1-3H3,(H,33,34);4-5,8,11,14,17,21,24-26H,6-7,9-10,12-13H2,1-3H3,(H,29,30)/t2*19?,25-,28?,29-,30+,31-;17?,21-,24?,25-,26+,27-/m000/s1. The highest BCUT2D eigenvalue weighted by atomic mass is 16.6. The van der Waals surface area contributed by atoms with Gasteiger partial charge in [-0.25, -0.2) is 0 Å². The Morgan fingerprint density at radius 3 is 1.34 bits per heavy atom. The highest BCUT2D eigenvalue weighted by molar-refractivity contribution is 6.01. The molecule has 5 aromatic rings. The second kappa shape index (κ2) is 30.2. The van der Waals surface area contributed by atoms with Crippen LogP contribution in [-0.2, 0) is 71.6 Å². The van der Waals surface area contributed by atoms with E-state index in [0.717, 1.165) is 75.4 Å². The van der Waals surface area contributed by atoms with Crippen LogP contribution in [0.5, 0.6) is 0 Å².